The van der Waals surface area contributed by atoms with Gasteiger partial charge < -0.3 is 4.90 Å². The quantitative estimate of drug-likeness (QED) is 0.770. The minimum absolute atomic E-state index is 0.0951. The summed E-state index contributed by atoms with van der Waals surface area (Å²) < 4.78 is 0. The van der Waals surface area contributed by atoms with Gasteiger partial charge >= 0.3 is 0 Å². The number of aliphatic imine (C=N–C) groups is 1. The maximum atomic E-state index is 13.4. The van der Waals surface area contributed by atoms with Crippen LogP contribution in [0, 0.1) is 0 Å². The lowest BCUT2D eigenvalue weighted by atomic mass is 10.0. The van der Waals surface area contributed by atoms with E-state index in [1.165, 1.54) is 10.6 Å². The topological polar surface area (TPSA) is 39.2 Å². The molecule has 5 rings (SSSR count). The van der Waals surface area contributed by atoms with Crippen LogP contribution in [0.3, 0.4) is 0 Å². The minimum atomic E-state index is 0.0951. The molecule has 0 saturated heterocycles. The summed E-state index contributed by atoms with van der Waals surface area (Å²) in [6.07, 6.45) is 0.903. The van der Waals surface area contributed by atoms with E-state index in [1.807, 2.05) is 29.2 Å². The maximum Gasteiger partial charge on any atom is 0.259 e. The van der Waals surface area contributed by atoms with Gasteiger partial charge in [0.2, 0.25) is 5.96 Å². The van der Waals surface area contributed by atoms with Crippen LogP contribution >= 0.6 is 22.9 Å². The molecule has 2 aromatic rings. The van der Waals surface area contributed by atoms with Crippen molar-refractivity contribution < 1.29 is 4.79 Å². The van der Waals surface area contributed by atoms with Crippen molar-refractivity contribution in [2.75, 3.05) is 26.2 Å². The Morgan fingerprint density at radius 1 is 1.11 bits per heavy atom. The first-order valence-corrected chi connectivity index (χ1v) is 10.8. The predicted octanol–water partition coefficient (Wildman–Crippen LogP) is 3.58. The molecule has 1 amide bonds. The highest BCUT2D eigenvalue weighted by Gasteiger charge is 2.40. The highest BCUT2D eigenvalue weighted by atomic mass is 35.5. The van der Waals surface area contributed by atoms with Gasteiger partial charge in [-0.15, -0.1) is 11.3 Å². The highest BCUT2D eigenvalue weighted by Crippen LogP contribution is 2.32. The molecule has 0 bridgehead atoms. The van der Waals surface area contributed by atoms with Crippen LogP contribution in [0.1, 0.15) is 16.9 Å². The van der Waals surface area contributed by atoms with Crippen molar-refractivity contribution in [2.24, 2.45) is 4.99 Å². The molecule has 3 aliphatic rings. The number of rotatable bonds is 4. The second-order valence-electron chi connectivity index (χ2n) is 7.32. The third kappa shape index (κ3) is 3.26. The molecule has 144 valence electrons. The van der Waals surface area contributed by atoms with E-state index >= 15 is 0 Å². The lowest BCUT2D eigenvalue weighted by Crippen LogP contribution is -2.53. The molecule has 0 saturated carbocycles. The van der Waals surface area contributed by atoms with Gasteiger partial charge in [0.25, 0.3) is 5.91 Å². The molecule has 1 aromatic carbocycles. The molecule has 0 radical (unpaired) electrons. The van der Waals surface area contributed by atoms with Gasteiger partial charge in [0.1, 0.15) is 0 Å². The van der Waals surface area contributed by atoms with Crippen molar-refractivity contribution in [3.05, 3.63) is 68.5 Å². The normalized spacial score (nSPS) is 19.8. The Hall–Kier alpha value is -2.15. The van der Waals surface area contributed by atoms with Crippen LogP contribution in [0.5, 0.6) is 0 Å². The summed E-state index contributed by atoms with van der Waals surface area (Å²) in [4.78, 5) is 25.9. The zero-order valence-electron chi connectivity index (χ0n) is 15.5. The third-order valence-corrected chi connectivity index (χ3v) is 6.61. The van der Waals surface area contributed by atoms with Crippen molar-refractivity contribution in [1.29, 1.82) is 0 Å². The molecule has 0 N–H and O–H groups in total. The zero-order chi connectivity index (χ0) is 19.1. The fraction of sp³-hybridized carbons (Fsp3) is 0.333. The van der Waals surface area contributed by atoms with E-state index in [9.17, 15) is 4.79 Å². The molecule has 0 fully saturated rings. The Balaban J connectivity index is 1.41. The van der Waals surface area contributed by atoms with Crippen molar-refractivity contribution in [3.8, 4) is 0 Å². The van der Waals surface area contributed by atoms with Gasteiger partial charge in [-0.25, -0.2) is 0 Å². The number of guanidine groups is 1. The second kappa shape index (κ2) is 7.35. The molecule has 0 atom stereocenters. The Morgan fingerprint density at radius 3 is 2.75 bits per heavy atom. The Bertz CT molecular complexity index is 951. The number of amides is 1. The van der Waals surface area contributed by atoms with Crippen molar-refractivity contribution >= 4 is 34.8 Å². The molecule has 4 heterocycles. The summed E-state index contributed by atoms with van der Waals surface area (Å²) in [6, 6.07) is 11.9. The summed E-state index contributed by atoms with van der Waals surface area (Å²) in [5, 5.41) is 2.81. The molecule has 7 heteroatoms. The first kappa shape index (κ1) is 17.9. The molecular weight excluding hydrogens is 392 g/mol. The van der Waals surface area contributed by atoms with Gasteiger partial charge in [-0.1, -0.05) is 29.8 Å². The van der Waals surface area contributed by atoms with Gasteiger partial charge in [0.05, 0.1) is 18.7 Å². The zero-order valence-corrected chi connectivity index (χ0v) is 17.0. The molecule has 0 unspecified atom stereocenters. The SMILES string of the molecule is O=C1C2=C(CCN(Cc3cccs3)C2)N2CCN=C2N1Cc1ccc(Cl)cc1. The lowest BCUT2D eigenvalue weighted by molar-refractivity contribution is -0.125. The Labute approximate surface area is 173 Å². The Morgan fingerprint density at radius 2 is 1.96 bits per heavy atom. The van der Waals surface area contributed by atoms with E-state index in [4.69, 9.17) is 11.6 Å². The maximum absolute atomic E-state index is 13.4. The van der Waals surface area contributed by atoms with Gasteiger partial charge in [0, 0.05) is 48.2 Å². The van der Waals surface area contributed by atoms with Gasteiger partial charge in [-0.3, -0.25) is 19.6 Å². The number of hydrogen-bond donors (Lipinski definition) is 0. The standard InChI is InChI=1S/C21H21ClN4OS/c22-16-5-3-15(4-6-16)12-26-20(27)18-14-24(13-17-2-1-11-28-17)9-7-19(18)25-10-8-23-21(25)26/h1-6,11H,7-10,12-14H2. The Kier molecular flexibility index (Phi) is 4.70. The number of carbonyl (C=O) groups is 1. The molecule has 1 aromatic heterocycles. The highest BCUT2D eigenvalue weighted by molar-refractivity contribution is 7.09. The van der Waals surface area contributed by atoms with Crippen LogP contribution < -0.4 is 0 Å². The van der Waals surface area contributed by atoms with Crippen LogP contribution in [-0.2, 0) is 17.9 Å². The summed E-state index contributed by atoms with van der Waals surface area (Å²) in [7, 11) is 0. The molecule has 3 aliphatic heterocycles. The summed E-state index contributed by atoms with van der Waals surface area (Å²) in [6.45, 7) is 4.71. The van der Waals surface area contributed by atoms with E-state index in [1.54, 1.807) is 11.3 Å². The molecule has 5 nitrogen and oxygen atoms in total. The number of hydrogen-bond acceptors (Lipinski definition) is 5. The van der Waals surface area contributed by atoms with E-state index in [-0.39, 0.29) is 5.91 Å². The van der Waals surface area contributed by atoms with Crippen molar-refractivity contribution in [1.82, 2.24) is 14.7 Å². The number of fused-ring (bicyclic) bond motifs is 2. The summed E-state index contributed by atoms with van der Waals surface area (Å²) >= 11 is 7.79. The number of carbonyl (C=O) groups excluding carboxylic acids is 1. The summed E-state index contributed by atoms with van der Waals surface area (Å²) in [5.41, 5.74) is 3.16. The van der Waals surface area contributed by atoms with Gasteiger partial charge in [-0.05, 0) is 29.1 Å². The van der Waals surface area contributed by atoms with Crippen LogP contribution in [0.25, 0.3) is 0 Å². The largest absolute Gasteiger partial charge is 0.314 e. The fourth-order valence-corrected chi connectivity index (χ4v) is 5.02. The average molecular weight is 413 g/mol. The number of halogens is 1. The monoisotopic (exact) mass is 412 g/mol. The van der Waals surface area contributed by atoms with Gasteiger partial charge in [-0.2, -0.15) is 0 Å². The van der Waals surface area contributed by atoms with Crippen molar-refractivity contribution in [2.45, 2.75) is 19.5 Å². The molecular formula is C21H21ClN4OS. The summed E-state index contributed by atoms with van der Waals surface area (Å²) in [5.74, 6) is 0.906. The van der Waals surface area contributed by atoms with E-state index in [0.29, 0.717) is 18.1 Å². The minimum Gasteiger partial charge on any atom is -0.314 e. The number of nitrogens with zero attached hydrogens (tertiary/aromatic N) is 4. The number of thiophene rings is 1. The molecule has 0 spiro atoms. The van der Waals surface area contributed by atoms with Crippen LogP contribution in [0.2, 0.25) is 5.02 Å². The van der Waals surface area contributed by atoms with Crippen LogP contribution in [-0.4, -0.2) is 52.7 Å². The van der Waals surface area contributed by atoms with E-state index < -0.39 is 0 Å². The number of benzene rings is 1. The van der Waals surface area contributed by atoms with E-state index in [2.05, 4.69) is 32.3 Å². The van der Waals surface area contributed by atoms with Crippen LogP contribution in [0.4, 0.5) is 0 Å². The lowest BCUT2D eigenvalue weighted by Gasteiger charge is -2.42. The second-order valence-corrected chi connectivity index (χ2v) is 8.79. The smallest absolute Gasteiger partial charge is 0.259 e. The first-order valence-electron chi connectivity index (χ1n) is 9.54. The first-order chi connectivity index (χ1) is 13.7. The van der Waals surface area contributed by atoms with E-state index in [0.717, 1.165) is 49.7 Å². The molecule has 28 heavy (non-hydrogen) atoms. The molecule has 0 aliphatic carbocycles. The fourth-order valence-electron chi connectivity index (χ4n) is 4.15. The van der Waals surface area contributed by atoms with Gasteiger partial charge in [0.15, 0.2) is 0 Å². The van der Waals surface area contributed by atoms with Crippen LogP contribution in [0.15, 0.2) is 58.0 Å². The van der Waals surface area contributed by atoms with Crippen molar-refractivity contribution in [3.63, 3.8) is 0 Å². The third-order valence-electron chi connectivity index (χ3n) is 5.50. The predicted molar refractivity (Wildman–Crippen MR) is 112 cm³/mol. The average Bonchev–Trinajstić information content (AvgIpc) is 3.39.